The van der Waals surface area contributed by atoms with Crippen LogP contribution in [0.15, 0.2) is 54.6 Å². The number of ether oxygens (including phenoxy) is 1. The van der Waals surface area contributed by atoms with Crippen molar-refractivity contribution in [2.24, 2.45) is 11.8 Å². The number of hydrogen-bond acceptors (Lipinski definition) is 1. The average molecular weight is 517 g/mol. The molecule has 0 atom stereocenters. The van der Waals surface area contributed by atoms with Gasteiger partial charge in [0.2, 0.25) is 5.82 Å². The fraction of sp³-hybridized carbons (Fsp3) is 0.419. The van der Waals surface area contributed by atoms with Gasteiger partial charge in [0, 0.05) is 5.56 Å². The van der Waals surface area contributed by atoms with Gasteiger partial charge in [-0.2, -0.15) is 17.6 Å². The summed E-state index contributed by atoms with van der Waals surface area (Å²) in [6, 6.07) is 12.9. The third kappa shape index (κ3) is 6.71. The summed E-state index contributed by atoms with van der Waals surface area (Å²) in [6.45, 7) is 3.87. The van der Waals surface area contributed by atoms with E-state index < -0.39 is 23.4 Å². The molecule has 0 aliphatic heterocycles. The Kier molecular flexibility index (Phi) is 8.56. The maximum atomic E-state index is 14.6. The maximum Gasteiger partial charge on any atom is 0.416 e. The van der Waals surface area contributed by atoms with Crippen LogP contribution in [0, 0.1) is 30.4 Å². The Morgan fingerprint density at radius 2 is 1.43 bits per heavy atom. The highest BCUT2D eigenvalue weighted by atomic mass is 19.4. The topological polar surface area (TPSA) is 9.23 Å². The van der Waals surface area contributed by atoms with Gasteiger partial charge in [-0.1, -0.05) is 69.7 Å². The molecule has 4 rings (SSSR count). The summed E-state index contributed by atoms with van der Waals surface area (Å²) in [6.07, 6.45) is 5.54. The lowest BCUT2D eigenvalue weighted by atomic mass is 9.78. The van der Waals surface area contributed by atoms with Crippen LogP contribution >= 0.6 is 0 Å². The minimum Gasteiger partial charge on any atom is -0.454 e. The molecular weight excluding hydrogens is 483 g/mol. The molecule has 0 saturated heterocycles. The molecule has 1 saturated carbocycles. The molecule has 1 aliphatic rings. The van der Waals surface area contributed by atoms with E-state index in [1.807, 2.05) is 24.3 Å². The molecule has 3 aromatic carbocycles. The molecule has 3 aromatic rings. The largest absolute Gasteiger partial charge is 0.454 e. The van der Waals surface area contributed by atoms with Crippen LogP contribution in [0.2, 0.25) is 0 Å². The van der Waals surface area contributed by atoms with Gasteiger partial charge in [-0.25, -0.2) is 4.39 Å². The molecule has 0 N–H and O–H groups in total. The number of hydrogen-bond donors (Lipinski definition) is 0. The lowest BCUT2D eigenvalue weighted by molar-refractivity contribution is -0.137. The van der Waals surface area contributed by atoms with Gasteiger partial charge in [-0.05, 0) is 78.6 Å². The van der Waals surface area contributed by atoms with Crippen molar-refractivity contribution in [3.8, 4) is 22.6 Å². The first-order chi connectivity index (χ1) is 17.7. The summed E-state index contributed by atoms with van der Waals surface area (Å²) in [5, 5.41) is 0. The van der Waals surface area contributed by atoms with Gasteiger partial charge >= 0.3 is 6.18 Å². The fourth-order valence-electron chi connectivity index (χ4n) is 5.38. The summed E-state index contributed by atoms with van der Waals surface area (Å²) in [4.78, 5) is 0. The van der Waals surface area contributed by atoms with Crippen LogP contribution in [0.3, 0.4) is 0 Å². The van der Waals surface area contributed by atoms with Crippen molar-refractivity contribution in [3.05, 3.63) is 82.9 Å². The van der Waals surface area contributed by atoms with Crippen LogP contribution < -0.4 is 4.74 Å². The molecule has 0 unspecified atom stereocenters. The van der Waals surface area contributed by atoms with Gasteiger partial charge in [0.25, 0.3) is 0 Å². The second-order valence-electron chi connectivity index (χ2n) is 10.2. The van der Waals surface area contributed by atoms with Crippen LogP contribution in [-0.2, 0) is 12.6 Å². The lowest BCUT2D eigenvalue weighted by Gasteiger charge is -2.28. The number of alkyl halides is 3. The highest BCUT2D eigenvalue weighted by molar-refractivity contribution is 5.70. The standard InChI is InChI=1S/C31H33F5O/c1-3-4-21-5-7-22(8-6-21)9-10-23-11-13-24(14-12-23)27-19-28(32)29(33)30(20(27)2)37-26-17-15-25(16-18-26)31(34,35)36/h11-19,21-22H,3-10H2,1-2H3. The molecule has 0 aromatic heterocycles. The zero-order valence-corrected chi connectivity index (χ0v) is 21.3. The van der Waals surface area contributed by atoms with Crippen molar-refractivity contribution in [2.75, 3.05) is 0 Å². The number of benzene rings is 3. The van der Waals surface area contributed by atoms with Crippen molar-refractivity contribution in [2.45, 2.75) is 71.4 Å². The molecule has 198 valence electrons. The summed E-state index contributed by atoms with van der Waals surface area (Å²) < 4.78 is 73.2. The molecule has 0 bridgehead atoms. The molecule has 1 fully saturated rings. The minimum absolute atomic E-state index is 0.00868. The van der Waals surface area contributed by atoms with E-state index in [0.29, 0.717) is 11.1 Å². The van der Waals surface area contributed by atoms with Crippen LogP contribution in [0.4, 0.5) is 22.0 Å². The molecule has 1 nitrogen and oxygen atoms in total. The Labute approximate surface area is 215 Å². The third-order valence-corrected chi connectivity index (χ3v) is 7.60. The summed E-state index contributed by atoms with van der Waals surface area (Å²) >= 11 is 0. The number of halogens is 5. The minimum atomic E-state index is -4.49. The highest BCUT2D eigenvalue weighted by Crippen LogP contribution is 2.38. The molecule has 1 aliphatic carbocycles. The number of aryl methyl sites for hydroxylation is 1. The Bertz CT molecular complexity index is 1170. The van der Waals surface area contributed by atoms with Crippen molar-refractivity contribution in [3.63, 3.8) is 0 Å². The Hall–Kier alpha value is -2.89. The Morgan fingerprint density at radius 3 is 2.00 bits per heavy atom. The Morgan fingerprint density at radius 1 is 0.838 bits per heavy atom. The van der Waals surface area contributed by atoms with Gasteiger partial charge in [-0.15, -0.1) is 0 Å². The Balaban J connectivity index is 1.45. The van der Waals surface area contributed by atoms with Crippen molar-refractivity contribution >= 4 is 0 Å². The molecule has 0 heterocycles. The molecular formula is C31H33F5O. The van der Waals surface area contributed by atoms with E-state index in [1.54, 1.807) is 6.92 Å². The molecule has 6 heteroatoms. The number of rotatable bonds is 8. The van der Waals surface area contributed by atoms with E-state index in [9.17, 15) is 22.0 Å². The average Bonchev–Trinajstić information content (AvgIpc) is 2.89. The SMILES string of the molecule is CCCC1CCC(CCc2ccc(-c3cc(F)c(F)c(Oc4ccc(C(F)(F)F)cc4)c3C)cc2)CC1. The normalized spacial score (nSPS) is 18.1. The predicted molar refractivity (Wildman–Crippen MR) is 137 cm³/mol. The van der Waals surface area contributed by atoms with E-state index in [2.05, 4.69) is 6.92 Å². The first kappa shape index (κ1) is 27.2. The lowest BCUT2D eigenvalue weighted by Crippen LogP contribution is -2.15. The van der Waals surface area contributed by atoms with E-state index in [0.717, 1.165) is 60.6 Å². The first-order valence-corrected chi connectivity index (χ1v) is 13.1. The van der Waals surface area contributed by atoms with E-state index in [4.69, 9.17) is 4.74 Å². The van der Waals surface area contributed by atoms with Crippen LogP contribution in [-0.4, -0.2) is 0 Å². The zero-order valence-electron chi connectivity index (χ0n) is 21.3. The van der Waals surface area contributed by atoms with Crippen molar-refractivity contribution in [1.29, 1.82) is 0 Å². The third-order valence-electron chi connectivity index (χ3n) is 7.60. The first-order valence-electron chi connectivity index (χ1n) is 13.1. The van der Waals surface area contributed by atoms with Gasteiger partial charge in [0.1, 0.15) is 5.75 Å². The highest BCUT2D eigenvalue weighted by Gasteiger charge is 2.30. The molecule has 0 spiro atoms. The fourth-order valence-corrected chi connectivity index (χ4v) is 5.38. The smallest absolute Gasteiger partial charge is 0.416 e. The van der Waals surface area contributed by atoms with Crippen LogP contribution in [0.5, 0.6) is 11.5 Å². The summed E-state index contributed by atoms with van der Waals surface area (Å²) in [5.41, 5.74) is 1.93. The predicted octanol–water partition coefficient (Wildman–Crippen LogP) is 10.3. The van der Waals surface area contributed by atoms with Gasteiger partial charge in [0.15, 0.2) is 11.6 Å². The van der Waals surface area contributed by atoms with Gasteiger partial charge in [-0.3, -0.25) is 0 Å². The second-order valence-corrected chi connectivity index (χ2v) is 10.2. The molecule has 0 radical (unpaired) electrons. The maximum absolute atomic E-state index is 14.6. The van der Waals surface area contributed by atoms with E-state index in [-0.39, 0.29) is 11.5 Å². The van der Waals surface area contributed by atoms with E-state index in [1.165, 1.54) is 44.1 Å². The summed E-state index contributed by atoms with van der Waals surface area (Å²) in [7, 11) is 0. The van der Waals surface area contributed by atoms with Gasteiger partial charge < -0.3 is 4.74 Å². The second kappa shape index (κ2) is 11.7. The summed E-state index contributed by atoms with van der Waals surface area (Å²) in [5.74, 6) is -0.932. The van der Waals surface area contributed by atoms with E-state index >= 15 is 0 Å². The monoisotopic (exact) mass is 516 g/mol. The molecule has 37 heavy (non-hydrogen) atoms. The quantitative estimate of drug-likeness (QED) is 0.271. The zero-order chi connectivity index (χ0) is 26.6. The van der Waals surface area contributed by atoms with Crippen molar-refractivity contribution in [1.82, 2.24) is 0 Å². The van der Waals surface area contributed by atoms with Crippen molar-refractivity contribution < 1.29 is 26.7 Å². The molecule has 0 amide bonds. The van der Waals surface area contributed by atoms with Crippen LogP contribution in [0.25, 0.3) is 11.1 Å². The van der Waals surface area contributed by atoms with Gasteiger partial charge in [0.05, 0.1) is 5.56 Å². The van der Waals surface area contributed by atoms with Crippen LogP contribution in [0.1, 0.15) is 68.6 Å².